The zero-order valence-corrected chi connectivity index (χ0v) is 17.5. The molecule has 0 saturated carbocycles. The van der Waals surface area contributed by atoms with Gasteiger partial charge in [-0.15, -0.1) is 0 Å². The zero-order valence-electron chi connectivity index (χ0n) is 16.0. The molecule has 7 nitrogen and oxygen atoms in total. The van der Waals surface area contributed by atoms with Crippen LogP contribution in [0.25, 0.3) is 0 Å². The van der Waals surface area contributed by atoms with Gasteiger partial charge in [0.1, 0.15) is 5.75 Å². The Hall–Kier alpha value is -3.03. The van der Waals surface area contributed by atoms with Crippen LogP contribution in [0, 0.1) is 0 Å². The van der Waals surface area contributed by atoms with Gasteiger partial charge in [-0.1, -0.05) is 43.1 Å². The molecule has 3 N–H and O–H groups in total. The molecule has 2 aliphatic rings. The Kier molecular flexibility index (Phi) is 3.94. The number of hydrogen-bond donors (Lipinski definition) is 3. The number of fused-ring (bicyclic) bond motifs is 4. The highest BCUT2D eigenvalue weighted by molar-refractivity contribution is 6.32. The Bertz CT molecular complexity index is 1250. The number of phenolic OH excluding ortho intramolecular Hbond substituents is 1. The molecule has 1 spiro atoms. The van der Waals surface area contributed by atoms with E-state index in [0.29, 0.717) is 32.6 Å². The molecular weight excluding hydrogens is 427 g/mol. The zero-order chi connectivity index (χ0) is 21.4. The molecule has 0 aliphatic carbocycles. The van der Waals surface area contributed by atoms with Crippen molar-refractivity contribution >= 4 is 46.4 Å². The second-order valence-electron chi connectivity index (χ2n) is 7.64. The van der Waals surface area contributed by atoms with E-state index in [9.17, 15) is 14.7 Å². The average Bonchev–Trinajstić information content (AvgIpc) is 3.31. The standard InChI is InChI=1S/C21H16Cl2N4O3/c1-9(2)17-16-18(26-25-17)19(29)27(14-8-11(23)4-6-15(14)28)21(16)12-5-3-10(22)7-13(12)24-20(21)30/h3-9,28H,1-2H3,(H,24,30)(H,25,26). The van der Waals surface area contributed by atoms with Crippen molar-refractivity contribution < 1.29 is 14.7 Å². The van der Waals surface area contributed by atoms with Crippen LogP contribution in [0.3, 0.4) is 0 Å². The predicted molar refractivity (Wildman–Crippen MR) is 113 cm³/mol. The number of phenols is 1. The molecule has 2 amide bonds. The molecule has 2 aromatic carbocycles. The van der Waals surface area contributed by atoms with Crippen molar-refractivity contribution in [1.82, 2.24) is 10.2 Å². The van der Waals surface area contributed by atoms with E-state index in [2.05, 4.69) is 15.5 Å². The number of carbonyl (C=O) groups excluding carboxylic acids is 2. The summed E-state index contributed by atoms with van der Waals surface area (Å²) in [6, 6.07) is 9.37. The largest absolute Gasteiger partial charge is 0.506 e. The van der Waals surface area contributed by atoms with Gasteiger partial charge in [0, 0.05) is 32.6 Å². The lowest BCUT2D eigenvalue weighted by molar-refractivity contribution is -0.119. The number of nitrogens with one attached hydrogen (secondary N) is 2. The van der Waals surface area contributed by atoms with Crippen LogP contribution in [-0.2, 0) is 10.3 Å². The molecule has 1 unspecified atom stereocenters. The Labute approximate surface area is 181 Å². The van der Waals surface area contributed by atoms with Gasteiger partial charge in [-0.3, -0.25) is 19.6 Å². The van der Waals surface area contributed by atoms with E-state index < -0.39 is 17.4 Å². The normalized spacial score (nSPS) is 19.6. The summed E-state index contributed by atoms with van der Waals surface area (Å²) in [5.74, 6) is -1.16. The van der Waals surface area contributed by atoms with Crippen LogP contribution in [0.5, 0.6) is 5.75 Å². The van der Waals surface area contributed by atoms with Gasteiger partial charge in [0.15, 0.2) is 11.2 Å². The fourth-order valence-corrected chi connectivity index (χ4v) is 4.71. The molecule has 0 saturated heterocycles. The highest BCUT2D eigenvalue weighted by Gasteiger charge is 2.63. The smallest absolute Gasteiger partial charge is 0.280 e. The summed E-state index contributed by atoms with van der Waals surface area (Å²) in [6.07, 6.45) is 0. The monoisotopic (exact) mass is 442 g/mol. The minimum atomic E-state index is -1.55. The lowest BCUT2D eigenvalue weighted by atomic mass is 9.82. The molecule has 0 bridgehead atoms. The molecule has 3 aromatic rings. The maximum atomic E-state index is 13.6. The maximum Gasteiger partial charge on any atom is 0.280 e. The van der Waals surface area contributed by atoms with Crippen molar-refractivity contribution in [2.24, 2.45) is 0 Å². The average molecular weight is 443 g/mol. The first-order chi connectivity index (χ1) is 14.3. The van der Waals surface area contributed by atoms with Gasteiger partial charge in [0.05, 0.1) is 5.69 Å². The third-order valence-corrected chi connectivity index (χ3v) is 6.07. The first kappa shape index (κ1) is 19.0. The first-order valence-corrected chi connectivity index (χ1v) is 10.1. The summed E-state index contributed by atoms with van der Waals surface area (Å²) >= 11 is 12.3. The van der Waals surface area contributed by atoms with E-state index >= 15 is 0 Å². The molecular formula is C21H16Cl2N4O3. The Morgan fingerprint density at radius 1 is 1.10 bits per heavy atom. The molecule has 1 aromatic heterocycles. The number of hydrogen-bond acceptors (Lipinski definition) is 4. The molecule has 1 atom stereocenters. The van der Waals surface area contributed by atoms with Gasteiger partial charge in [0.25, 0.3) is 11.8 Å². The molecule has 9 heteroatoms. The van der Waals surface area contributed by atoms with E-state index in [1.54, 1.807) is 18.2 Å². The summed E-state index contributed by atoms with van der Waals surface area (Å²) in [7, 11) is 0. The quantitative estimate of drug-likeness (QED) is 0.547. The van der Waals surface area contributed by atoms with Crippen molar-refractivity contribution in [2.75, 3.05) is 10.2 Å². The number of benzene rings is 2. The number of anilines is 2. The van der Waals surface area contributed by atoms with Gasteiger partial charge < -0.3 is 10.4 Å². The van der Waals surface area contributed by atoms with E-state index in [0.717, 1.165) is 0 Å². The van der Waals surface area contributed by atoms with Gasteiger partial charge in [-0.25, -0.2) is 0 Å². The molecule has 5 rings (SSSR count). The van der Waals surface area contributed by atoms with Crippen LogP contribution in [-0.4, -0.2) is 27.1 Å². The minimum Gasteiger partial charge on any atom is -0.506 e. The molecule has 3 heterocycles. The fourth-order valence-electron chi connectivity index (χ4n) is 4.37. The van der Waals surface area contributed by atoms with E-state index in [4.69, 9.17) is 23.2 Å². The number of rotatable bonds is 2. The number of nitrogens with zero attached hydrogens (tertiary/aromatic N) is 2. The summed E-state index contributed by atoms with van der Waals surface area (Å²) in [4.78, 5) is 28.5. The minimum absolute atomic E-state index is 0.0389. The van der Waals surface area contributed by atoms with Crippen LogP contribution in [0.4, 0.5) is 11.4 Å². The molecule has 30 heavy (non-hydrogen) atoms. The van der Waals surface area contributed by atoms with Gasteiger partial charge in [-0.05, 0) is 36.2 Å². The summed E-state index contributed by atoms with van der Waals surface area (Å²) < 4.78 is 0. The predicted octanol–water partition coefficient (Wildman–Crippen LogP) is 4.40. The topological polar surface area (TPSA) is 98.3 Å². The van der Waals surface area contributed by atoms with Crippen molar-refractivity contribution in [3.63, 3.8) is 0 Å². The van der Waals surface area contributed by atoms with Crippen molar-refractivity contribution in [2.45, 2.75) is 25.3 Å². The number of H-pyrrole nitrogens is 1. The van der Waals surface area contributed by atoms with Crippen molar-refractivity contribution in [3.8, 4) is 5.75 Å². The number of carbonyl (C=O) groups is 2. The van der Waals surface area contributed by atoms with Crippen LogP contribution in [0.15, 0.2) is 36.4 Å². The summed E-state index contributed by atoms with van der Waals surface area (Å²) in [5.41, 5.74) is 0.887. The second kappa shape index (κ2) is 6.23. The summed E-state index contributed by atoms with van der Waals surface area (Å²) in [6.45, 7) is 3.89. The molecule has 0 fully saturated rings. The SMILES string of the molecule is CC(C)c1[nH]nc2c1C1(C(=O)Nc3cc(Cl)ccc31)N(c1cc(Cl)ccc1O)C2=O. The van der Waals surface area contributed by atoms with Crippen LogP contribution in [0.1, 0.15) is 47.1 Å². The number of aromatic amines is 1. The molecule has 2 aliphatic heterocycles. The van der Waals surface area contributed by atoms with Crippen molar-refractivity contribution in [3.05, 3.63) is 69.0 Å². The van der Waals surface area contributed by atoms with Gasteiger partial charge in [-0.2, -0.15) is 5.10 Å². The fraction of sp³-hybridized carbons (Fsp3) is 0.190. The number of amides is 2. The van der Waals surface area contributed by atoms with Crippen molar-refractivity contribution in [1.29, 1.82) is 0 Å². The second-order valence-corrected chi connectivity index (χ2v) is 8.52. The lowest BCUT2D eigenvalue weighted by Gasteiger charge is -2.35. The van der Waals surface area contributed by atoms with Gasteiger partial charge >= 0.3 is 0 Å². The Morgan fingerprint density at radius 3 is 2.53 bits per heavy atom. The molecule has 152 valence electrons. The highest BCUT2D eigenvalue weighted by atomic mass is 35.5. The van der Waals surface area contributed by atoms with Crippen LogP contribution in [0.2, 0.25) is 10.0 Å². The van der Waals surface area contributed by atoms with Crippen LogP contribution >= 0.6 is 23.2 Å². The third kappa shape index (κ3) is 2.24. The van der Waals surface area contributed by atoms with E-state index in [1.165, 1.54) is 23.1 Å². The van der Waals surface area contributed by atoms with E-state index in [-0.39, 0.29) is 23.0 Å². The van der Waals surface area contributed by atoms with E-state index in [1.807, 2.05) is 13.8 Å². The Balaban J connectivity index is 1.91. The summed E-state index contributed by atoms with van der Waals surface area (Å²) in [5, 5.41) is 21.4. The number of aromatic nitrogens is 2. The maximum absolute atomic E-state index is 13.6. The Morgan fingerprint density at radius 2 is 1.80 bits per heavy atom. The number of halogens is 2. The van der Waals surface area contributed by atoms with Crippen LogP contribution < -0.4 is 10.2 Å². The first-order valence-electron chi connectivity index (χ1n) is 9.30. The molecule has 0 radical (unpaired) electrons. The highest BCUT2D eigenvalue weighted by Crippen LogP contribution is 2.55. The third-order valence-electron chi connectivity index (χ3n) is 5.60. The lowest BCUT2D eigenvalue weighted by Crippen LogP contribution is -2.50. The number of aromatic hydroxyl groups is 1. The van der Waals surface area contributed by atoms with Gasteiger partial charge in [0.2, 0.25) is 0 Å².